The topological polar surface area (TPSA) is 64.8 Å². The maximum absolute atomic E-state index is 13.1. The summed E-state index contributed by atoms with van der Waals surface area (Å²) in [6, 6.07) is 24.4. The molecular formula is C22H20N2O3. The van der Waals surface area contributed by atoms with Gasteiger partial charge in [-0.25, -0.2) is 0 Å². The minimum Gasteiger partial charge on any atom is -0.492 e. The van der Waals surface area contributed by atoms with Crippen LogP contribution in [0.15, 0.2) is 78.9 Å². The second-order valence-electron chi connectivity index (χ2n) is 6.29. The van der Waals surface area contributed by atoms with Gasteiger partial charge in [0.05, 0.1) is 12.2 Å². The number of nitrogens with two attached hydrogens (primary N) is 1. The lowest BCUT2D eigenvalue weighted by Gasteiger charge is -2.34. The third kappa shape index (κ3) is 3.58. The first-order chi connectivity index (χ1) is 13.2. The van der Waals surface area contributed by atoms with Gasteiger partial charge in [-0.1, -0.05) is 48.5 Å². The summed E-state index contributed by atoms with van der Waals surface area (Å²) in [6.45, 7) is 0.790. The monoisotopic (exact) mass is 360 g/mol. The Balaban J connectivity index is 1.59. The van der Waals surface area contributed by atoms with Crippen LogP contribution >= 0.6 is 0 Å². The van der Waals surface area contributed by atoms with Crippen molar-refractivity contribution >= 4 is 17.3 Å². The summed E-state index contributed by atoms with van der Waals surface area (Å²) in [7, 11) is 0. The van der Waals surface area contributed by atoms with E-state index in [1.54, 1.807) is 17.0 Å². The fraction of sp³-hybridized carbons (Fsp3) is 0.136. The van der Waals surface area contributed by atoms with Crippen molar-refractivity contribution in [3.8, 4) is 11.5 Å². The van der Waals surface area contributed by atoms with Crippen LogP contribution in [0.5, 0.6) is 11.5 Å². The van der Waals surface area contributed by atoms with Gasteiger partial charge in [0.25, 0.3) is 5.91 Å². The van der Waals surface area contributed by atoms with Crippen LogP contribution in [0.4, 0.5) is 11.4 Å². The Morgan fingerprint density at radius 2 is 1.67 bits per heavy atom. The molecule has 1 atom stereocenters. The van der Waals surface area contributed by atoms with Crippen LogP contribution in [0.2, 0.25) is 0 Å². The molecule has 136 valence electrons. The lowest BCUT2D eigenvalue weighted by molar-refractivity contribution is -0.126. The maximum Gasteiger partial charge on any atom is 0.273 e. The van der Waals surface area contributed by atoms with Crippen LogP contribution in [0.3, 0.4) is 0 Å². The summed E-state index contributed by atoms with van der Waals surface area (Å²) in [4.78, 5) is 14.8. The van der Waals surface area contributed by atoms with E-state index >= 15 is 0 Å². The molecule has 1 aliphatic heterocycles. The second-order valence-corrected chi connectivity index (χ2v) is 6.29. The van der Waals surface area contributed by atoms with E-state index in [2.05, 4.69) is 0 Å². The van der Waals surface area contributed by atoms with E-state index in [1.807, 2.05) is 66.7 Å². The van der Waals surface area contributed by atoms with E-state index in [1.165, 1.54) is 0 Å². The number of anilines is 2. The van der Waals surface area contributed by atoms with E-state index in [4.69, 9.17) is 15.2 Å². The van der Waals surface area contributed by atoms with Crippen molar-refractivity contribution < 1.29 is 14.3 Å². The number of carbonyl (C=O) groups excluding carboxylic acids is 1. The molecule has 1 amide bonds. The summed E-state index contributed by atoms with van der Waals surface area (Å²) in [5.74, 6) is 1.26. The van der Waals surface area contributed by atoms with Gasteiger partial charge in [0.2, 0.25) is 6.10 Å². The first-order valence-electron chi connectivity index (χ1n) is 8.83. The first-order valence-corrected chi connectivity index (χ1v) is 8.83. The molecule has 0 bridgehead atoms. The molecule has 0 saturated carbocycles. The molecule has 1 aliphatic rings. The number of carbonyl (C=O) groups is 1. The van der Waals surface area contributed by atoms with Gasteiger partial charge >= 0.3 is 0 Å². The molecular weight excluding hydrogens is 340 g/mol. The van der Waals surface area contributed by atoms with Crippen molar-refractivity contribution in [1.29, 1.82) is 0 Å². The molecule has 2 N–H and O–H groups in total. The zero-order valence-electron chi connectivity index (χ0n) is 14.7. The minimum atomic E-state index is -0.697. The summed E-state index contributed by atoms with van der Waals surface area (Å²) in [5, 5.41) is 0. The summed E-state index contributed by atoms with van der Waals surface area (Å²) < 4.78 is 11.8. The Labute approximate surface area is 157 Å². The van der Waals surface area contributed by atoms with Gasteiger partial charge in [-0.2, -0.15) is 0 Å². The van der Waals surface area contributed by atoms with Gasteiger partial charge < -0.3 is 20.1 Å². The van der Waals surface area contributed by atoms with Crippen LogP contribution < -0.4 is 20.1 Å². The molecule has 1 unspecified atom stereocenters. The smallest absolute Gasteiger partial charge is 0.273 e. The maximum atomic E-state index is 13.1. The molecule has 3 aromatic rings. The second kappa shape index (κ2) is 7.41. The van der Waals surface area contributed by atoms with Crippen molar-refractivity contribution in [2.24, 2.45) is 0 Å². The SMILES string of the molecule is Nc1ccc2c(c1)OC(c1ccccc1)C(=O)N2CCOc1ccccc1. The number of hydrogen-bond donors (Lipinski definition) is 1. The third-order valence-corrected chi connectivity index (χ3v) is 4.44. The van der Waals surface area contributed by atoms with Crippen molar-refractivity contribution in [1.82, 2.24) is 0 Å². The highest BCUT2D eigenvalue weighted by atomic mass is 16.5. The number of ether oxygens (including phenoxy) is 2. The Hall–Kier alpha value is -3.47. The highest BCUT2D eigenvalue weighted by Gasteiger charge is 2.35. The molecule has 0 aromatic heterocycles. The predicted octanol–water partition coefficient (Wildman–Crippen LogP) is 3.81. The fourth-order valence-corrected chi connectivity index (χ4v) is 3.13. The predicted molar refractivity (Wildman–Crippen MR) is 105 cm³/mol. The number of benzene rings is 3. The lowest BCUT2D eigenvalue weighted by atomic mass is 10.1. The molecule has 0 aliphatic carbocycles. The largest absolute Gasteiger partial charge is 0.492 e. The van der Waals surface area contributed by atoms with Gasteiger partial charge in [-0.05, 0) is 24.3 Å². The van der Waals surface area contributed by atoms with E-state index < -0.39 is 6.10 Å². The van der Waals surface area contributed by atoms with E-state index in [0.717, 1.165) is 11.3 Å². The van der Waals surface area contributed by atoms with Crippen molar-refractivity contribution in [3.05, 3.63) is 84.4 Å². The number of nitrogen functional groups attached to an aromatic ring is 1. The number of para-hydroxylation sites is 1. The lowest BCUT2D eigenvalue weighted by Crippen LogP contribution is -2.43. The highest BCUT2D eigenvalue weighted by Crippen LogP contribution is 2.39. The standard InChI is InChI=1S/C22H20N2O3/c23-17-11-12-19-20(15-17)27-21(16-7-3-1-4-8-16)22(25)24(19)13-14-26-18-9-5-2-6-10-18/h1-12,15,21H,13-14,23H2. The van der Waals surface area contributed by atoms with Crippen molar-refractivity contribution in [3.63, 3.8) is 0 Å². The fourth-order valence-electron chi connectivity index (χ4n) is 3.13. The minimum absolute atomic E-state index is 0.116. The highest BCUT2D eigenvalue weighted by molar-refractivity contribution is 6.00. The average molecular weight is 360 g/mol. The number of amides is 1. The van der Waals surface area contributed by atoms with Gasteiger partial charge in [0, 0.05) is 17.3 Å². The summed E-state index contributed by atoms with van der Waals surface area (Å²) >= 11 is 0. The van der Waals surface area contributed by atoms with E-state index in [0.29, 0.717) is 30.3 Å². The zero-order valence-corrected chi connectivity index (χ0v) is 14.7. The molecule has 1 heterocycles. The van der Waals surface area contributed by atoms with E-state index in [-0.39, 0.29) is 5.91 Å². The molecule has 27 heavy (non-hydrogen) atoms. The summed E-state index contributed by atoms with van der Waals surface area (Å²) in [6.07, 6.45) is -0.697. The Bertz CT molecular complexity index is 929. The Morgan fingerprint density at radius 3 is 2.41 bits per heavy atom. The molecule has 4 rings (SSSR count). The molecule has 5 nitrogen and oxygen atoms in total. The van der Waals surface area contributed by atoms with Gasteiger partial charge in [-0.3, -0.25) is 4.79 Å². The van der Waals surface area contributed by atoms with Crippen LogP contribution in [0, 0.1) is 0 Å². The van der Waals surface area contributed by atoms with Gasteiger partial charge in [-0.15, -0.1) is 0 Å². The third-order valence-electron chi connectivity index (χ3n) is 4.44. The van der Waals surface area contributed by atoms with Crippen molar-refractivity contribution in [2.75, 3.05) is 23.8 Å². The Morgan fingerprint density at radius 1 is 0.963 bits per heavy atom. The number of nitrogens with zero attached hydrogens (tertiary/aromatic N) is 1. The normalized spacial score (nSPS) is 15.8. The number of hydrogen-bond acceptors (Lipinski definition) is 4. The summed E-state index contributed by atoms with van der Waals surface area (Å²) in [5.41, 5.74) is 8.02. The van der Waals surface area contributed by atoms with Crippen LogP contribution in [-0.2, 0) is 4.79 Å². The Kier molecular flexibility index (Phi) is 4.66. The van der Waals surface area contributed by atoms with Crippen LogP contribution in [0.25, 0.3) is 0 Å². The van der Waals surface area contributed by atoms with E-state index in [9.17, 15) is 4.79 Å². The molecule has 0 radical (unpaired) electrons. The average Bonchev–Trinajstić information content (AvgIpc) is 2.71. The zero-order chi connectivity index (χ0) is 18.6. The molecule has 0 spiro atoms. The first kappa shape index (κ1) is 17.0. The number of fused-ring (bicyclic) bond motifs is 1. The van der Waals surface area contributed by atoms with Gasteiger partial charge in [0.1, 0.15) is 18.1 Å². The van der Waals surface area contributed by atoms with Gasteiger partial charge in [0.15, 0.2) is 0 Å². The molecule has 3 aromatic carbocycles. The van der Waals surface area contributed by atoms with Crippen LogP contribution in [-0.4, -0.2) is 19.1 Å². The van der Waals surface area contributed by atoms with Crippen LogP contribution in [0.1, 0.15) is 11.7 Å². The molecule has 5 heteroatoms. The quantitative estimate of drug-likeness (QED) is 0.703. The van der Waals surface area contributed by atoms with Crippen molar-refractivity contribution in [2.45, 2.75) is 6.10 Å². The molecule has 0 saturated heterocycles. The number of rotatable bonds is 5. The molecule has 0 fully saturated rings.